The van der Waals surface area contributed by atoms with E-state index in [4.69, 9.17) is 5.73 Å². The number of nitrogens with zero attached hydrogens (tertiary/aromatic N) is 3. The molecule has 0 saturated carbocycles. The van der Waals surface area contributed by atoms with E-state index >= 15 is 0 Å². The molecule has 0 atom stereocenters. The SMILES string of the molecule is Cc1ncsc1CN(C)C(=O)c1n[nH]c(C)c1N. The topological polar surface area (TPSA) is 87.9 Å². The second-order valence-electron chi connectivity index (χ2n) is 4.13. The molecule has 2 aromatic heterocycles. The zero-order valence-corrected chi connectivity index (χ0v) is 11.3. The molecule has 6 nitrogen and oxygen atoms in total. The quantitative estimate of drug-likeness (QED) is 0.876. The van der Waals surface area contributed by atoms with Crippen LogP contribution in [-0.4, -0.2) is 33.0 Å². The minimum atomic E-state index is -0.190. The Hall–Kier alpha value is -1.89. The summed E-state index contributed by atoms with van der Waals surface area (Å²) in [6, 6.07) is 0. The summed E-state index contributed by atoms with van der Waals surface area (Å²) in [4.78, 5) is 19.0. The third-order valence-electron chi connectivity index (χ3n) is 2.77. The number of aryl methyl sites for hydroxylation is 2. The molecule has 96 valence electrons. The number of rotatable bonds is 3. The Morgan fingerprint density at radius 1 is 1.56 bits per heavy atom. The average molecular weight is 265 g/mol. The fraction of sp³-hybridized carbons (Fsp3) is 0.364. The number of thiazole rings is 1. The number of nitrogen functional groups attached to an aromatic ring is 1. The van der Waals surface area contributed by atoms with Crippen LogP contribution in [0.3, 0.4) is 0 Å². The van der Waals surface area contributed by atoms with Crippen LogP contribution in [0.25, 0.3) is 0 Å². The highest BCUT2D eigenvalue weighted by molar-refractivity contribution is 7.09. The van der Waals surface area contributed by atoms with Gasteiger partial charge >= 0.3 is 0 Å². The largest absolute Gasteiger partial charge is 0.395 e. The Labute approximate surface area is 109 Å². The van der Waals surface area contributed by atoms with Crippen LogP contribution < -0.4 is 5.73 Å². The van der Waals surface area contributed by atoms with Crippen molar-refractivity contribution in [2.24, 2.45) is 0 Å². The maximum absolute atomic E-state index is 12.2. The van der Waals surface area contributed by atoms with Crippen LogP contribution >= 0.6 is 11.3 Å². The van der Waals surface area contributed by atoms with Gasteiger partial charge in [0.25, 0.3) is 5.91 Å². The lowest BCUT2D eigenvalue weighted by Gasteiger charge is -2.15. The molecule has 0 saturated heterocycles. The standard InChI is InChI=1S/C11H15N5OS/c1-6-8(18-5-13-6)4-16(3)11(17)10-9(12)7(2)14-15-10/h5H,4,12H2,1-3H3,(H,14,15). The molecule has 0 aliphatic carbocycles. The number of anilines is 1. The van der Waals surface area contributed by atoms with Gasteiger partial charge < -0.3 is 10.6 Å². The van der Waals surface area contributed by atoms with E-state index in [0.29, 0.717) is 17.9 Å². The molecule has 2 heterocycles. The van der Waals surface area contributed by atoms with Gasteiger partial charge in [0, 0.05) is 11.9 Å². The molecule has 0 aliphatic heterocycles. The van der Waals surface area contributed by atoms with E-state index in [0.717, 1.165) is 10.6 Å². The van der Waals surface area contributed by atoms with Crippen molar-refractivity contribution in [2.45, 2.75) is 20.4 Å². The summed E-state index contributed by atoms with van der Waals surface area (Å²) >= 11 is 1.54. The monoisotopic (exact) mass is 265 g/mol. The molecular formula is C11H15N5OS. The lowest BCUT2D eigenvalue weighted by molar-refractivity contribution is 0.0781. The van der Waals surface area contributed by atoms with Gasteiger partial charge in [0.15, 0.2) is 5.69 Å². The van der Waals surface area contributed by atoms with E-state index in [1.165, 1.54) is 11.3 Å². The van der Waals surface area contributed by atoms with Crippen molar-refractivity contribution in [1.29, 1.82) is 0 Å². The number of nitrogens with two attached hydrogens (primary N) is 1. The first-order valence-corrected chi connectivity index (χ1v) is 6.33. The van der Waals surface area contributed by atoms with Crippen LogP contribution in [0.1, 0.15) is 26.8 Å². The zero-order chi connectivity index (χ0) is 13.3. The summed E-state index contributed by atoms with van der Waals surface area (Å²) in [6.45, 7) is 4.23. The smallest absolute Gasteiger partial charge is 0.276 e. The summed E-state index contributed by atoms with van der Waals surface area (Å²) in [7, 11) is 1.73. The lowest BCUT2D eigenvalue weighted by atomic mass is 10.2. The van der Waals surface area contributed by atoms with Gasteiger partial charge in [0.05, 0.1) is 29.1 Å². The Morgan fingerprint density at radius 2 is 2.28 bits per heavy atom. The minimum absolute atomic E-state index is 0.190. The molecule has 2 aromatic rings. The van der Waals surface area contributed by atoms with Crippen molar-refractivity contribution in [3.8, 4) is 0 Å². The molecule has 0 unspecified atom stereocenters. The Kier molecular flexibility index (Phi) is 3.33. The fourth-order valence-corrected chi connectivity index (χ4v) is 2.38. The molecule has 18 heavy (non-hydrogen) atoms. The van der Waals surface area contributed by atoms with E-state index in [9.17, 15) is 4.79 Å². The van der Waals surface area contributed by atoms with E-state index < -0.39 is 0 Å². The van der Waals surface area contributed by atoms with Crippen molar-refractivity contribution in [3.05, 3.63) is 27.5 Å². The molecule has 0 radical (unpaired) electrons. The summed E-state index contributed by atoms with van der Waals surface area (Å²) in [5.74, 6) is -0.190. The van der Waals surface area contributed by atoms with Crippen molar-refractivity contribution in [3.63, 3.8) is 0 Å². The number of hydrogen-bond acceptors (Lipinski definition) is 5. The van der Waals surface area contributed by atoms with Gasteiger partial charge in [0.1, 0.15) is 0 Å². The number of hydrogen-bond donors (Lipinski definition) is 2. The van der Waals surface area contributed by atoms with Gasteiger partial charge in [-0.3, -0.25) is 9.89 Å². The van der Waals surface area contributed by atoms with Crippen LogP contribution in [0, 0.1) is 13.8 Å². The number of H-pyrrole nitrogens is 1. The van der Waals surface area contributed by atoms with Crippen molar-refractivity contribution < 1.29 is 4.79 Å². The molecule has 3 N–H and O–H groups in total. The second kappa shape index (κ2) is 4.77. The van der Waals surface area contributed by atoms with Gasteiger partial charge in [-0.15, -0.1) is 11.3 Å². The summed E-state index contributed by atoms with van der Waals surface area (Å²) in [6.07, 6.45) is 0. The van der Waals surface area contributed by atoms with Gasteiger partial charge in [-0.25, -0.2) is 4.98 Å². The number of aromatic nitrogens is 3. The third kappa shape index (κ3) is 2.21. The first-order valence-electron chi connectivity index (χ1n) is 5.45. The predicted molar refractivity (Wildman–Crippen MR) is 70.4 cm³/mol. The number of aromatic amines is 1. The minimum Gasteiger partial charge on any atom is -0.395 e. The van der Waals surface area contributed by atoms with Crippen LogP contribution in [-0.2, 0) is 6.54 Å². The molecule has 2 rings (SSSR count). The first-order chi connectivity index (χ1) is 8.50. The van der Waals surface area contributed by atoms with Gasteiger partial charge in [0.2, 0.25) is 0 Å². The van der Waals surface area contributed by atoms with Gasteiger partial charge in [-0.1, -0.05) is 0 Å². The molecule has 0 spiro atoms. The predicted octanol–water partition coefficient (Wildman–Crippen LogP) is 1.34. The molecule has 0 aromatic carbocycles. The van der Waals surface area contributed by atoms with E-state index in [1.54, 1.807) is 24.4 Å². The summed E-state index contributed by atoms with van der Waals surface area (Å²) < 4.78 is 0. The Bertz CT molecular complexity index is 574. The molecule has 7 heteroatoms. The van der Waals surface area contributed by atoms with Crippen LogP contribution in [0.15, 0.2) is 5.51 Å². The van der Waals surface area contributed by atoms with Crippen LogP contribution in [0.4, 0.5) is 5.69 Å². The van der Waals surface area contributed by atoms with E-state index in [1.807, 2.05) is 6.92 Å². The maximum Gasteiger partial charge on any atom is 0.276 e. The maximum atomic E-state index is 12.2. The highest BCUT2D eigenvalue weighted by atomic mass is 32.1. The first kappa shape index (κ1) is 12.6. The second-order valence-corrected chi connectivity index (χ2v) is 5.07. The molecule has 0 aliphatic rings. The number of nitrogens with one attached hydrogen (secondary N) is 1. The van der Waals surface area contributed by atoms with E-state index in [2.05, 4.69) is 15.2 Å². The summed E-state index contributed by atoms with van der Waals surface area (Å²) in [5, 5.41) is 6.65. The lowest BCUT2D eigenvalue weighted by Crippen LogP contribution is -2.27. The Balaban J connectivity index is 2.15. The number of carbonyl (C=O) groups is 1. The third-order valence-corrected chi connectivity index (χ3v) is 3.69. The van der Waals surface area contributed by atoms with E-state index in [-0.39, 0.29) is 11.6 Å². The fourth-order valence-electron chi connectivity index (χ4n) is 1.55. The average Bonchev–Trinajstić information content (AvgIpc) is 2.87. The molecule has 1 amide bonds. The number of carbonyl (C=O) groups excluding carboxylic acids is 1. The van der Waals surface area contributed by atoms with Gasteiger partial charge in [-0.05, 0) is 13.8 Å². The zero-order valence-electron chi connectivity index (χ0n) is 10.5. The Morgan fingerprint density at radius 3 is 2.78 bits per heavy atom. The van der Waals surface area contributed by atoms with Crippen molar-refractivity contribution >= 4 is 22.9 Å². The highest BCUT2D eigenvalue weighted by Gasteiger charge is 2.20. The van der Waals surface area contributed by atoms with Crippen LogP contribution in [0.2, 0.25) is 0 Å². The highest BCUT2D eigenvalue weighted by Crippen LogP contribution is 2.18. The normalized spacial score (nSPS) is 10.6. The summed E-state index contributed by atoms with van der Waals surface area (Å²) in [5.41, 5.74) is 9.91. The van der Waals surface area contributed by atoms with Crippen molar-refractivity contribution in [2.75, 3.05) is 12.8 Å². The van der Waals surface area contributed by atoms with Crippen LogP contribution in [0.5, 0.6) is 0 Å². The molecule has 0 fully saturated rings. The van der Waals surface area contributed by atoms with Crippen molar-refractivity contribution in [1.82, 2.24) is 20.1 Å². The van der Waals surface area contributed by atoms with Gasteiger partial charge in [-0.2, -0.15) is 5.10 Å². The number of amides is 1. The molecule has 0 bridgehead atoms. The molecular weight excluding hydrogens is 250 g/mol.